The maximum Gasteiger partial charge on any atom is 0.326 e. The number of carbonyl (C=O) groups is 2. The fourth-order valence-electron chi connectivity index (χ4n) is 4.14. The number of aromatic nitrogens is 1. The molecule has 5 rings (SSSR count). The molecule has 1 atom stereocenters. The van der Waals surface area contributed by atoms with Gasteiger partial charge in [0.15, 0.2) is 16.3 Å². The van der Waals surface area contributed by atoms with E-state index in [0.717, 1.165) is 16.0 Å². The van der Waals surface area contributed by atoms with Gasteiger partial charge >= 0.3 is 5.97 Å². The van der Waals surface area contributed by atoms with Crippen molar-refractivity contribution in [1.82, 2.24) is 8.87 Å². The van der Waals surface area contributed by atoms with Gasteiger partial charge in [-0.1, -0.05) is 22.9 Å². The molecule has 192 valence electrons. The third kappa shape index (κ3) is 4.90. The predicted octanol–water partition coefficient (Wildman–Crippen LogP) is 3.24. The van der Waals surface area contributed by atoms with Gasteiger partial charge in [-0.3, -0.25) is 9.59 Å². The van der Waals surface area contributed by atoms with Crippen LogP contribution < -0.4 is 14.3 Å². The second kappa shape index (κ2) is 10.1. The van der Waals surface area contributed by atoms with Crippen LogP contribution in [0.2, 0.25) is 4.34 Å². The number of carbonyl (C=O) groups excluding carboxylic acids is 2. The Labute approximate surface area is 219 Å². The number of rotatable bonds is 6. The number of nitrogens with zero attached hydrogens (tertiary/aromatic N) is 3. The summed E-state index contributed by atoms with van der Waals surface area (Å²) in [7, 11) is -3.76. The van der Waals surface area contributed by atoms with Crippen molar-refractivity contribution in [3.05, 3.63) is 33.4 Å². The van der Waals surface area contributed by atoms with E-state index in [0.29, 0.717) is 45.5 Å². The van der Waals surface area contributed by atoms with Gasteiger partial charge in [-0.15, -0.1) is 11.3 Å². The van der Waals surface area contributed by atoms with Crippen LogP contribution in [-0.4, -0.2) is 55.7 Å². The summed E-state index contributed by atoms with van der Waals surface area (Å²) < 4.78 is 46.3. The molecular weight excluding hydrogens is 550 g/mol. The Hall–Kier alpha value is -2.45. The summed E-state index contributed by atoms with van der Waals surface area (Å²) in [6.07, 6.45) is 1.04. The molecule has 4 heterocycles. The van der Waals surface area contributed by atoms with Crippen molar-refractivity contribution in [3.8, 4) is 11.5 Å². The molecule has 0 saturated carbocycles. The molecule has 0 aliphatic carbocycles. The van der Waals surface area contributed by atoms with Crippen LogP contribution in [0.3, 0.4) is 0 Å². The van der Waals surface area contributed by atoms with E-state index in [1.807, 2.05) is 0 Å². The summed E-state index contributed by atoms with van der Waals surface area (Å²) in [5.74, 6) is -0.400. The number of fused-ring (bicyclic) bond motifs is 2. The SMILES string of the molecule is CCOC(=O)Cn1c(=NC(=O)C2CCCN(S(=O)(=O)c3ccc(Cl)s3)C2)sc2cc3c(cc21)OCO3. The molecule has 0 spiro atoms. The van der Waals surface area contributed by atoms with E-state index >= 15 is 0 Å². The average molecular weight is 572 g/mol. The van der Waals surface area contributed by atoms with Crippen molar-refractivity contribution < 1.29 is 32.2 Å². The molecule has 3 aromatic rings. The van der Waals surface area contributed by atoms with Gasteiger partial charge in [0.1, 0.15) is 10.8 Å². The molecule has 10 nitrogen and oxygen atoms in total. The standard InChI is InChI=1S/C22H22ClN3O7S3/c1-2-31-19(27)11-26-14-8-15-16(33-12-32-15)9-17(14)34-22(26)24-21(28)13-4-3-7-25(10-13)36(29,30)20-6-5-18(23)35-20/h5-6,8-9,13H,2-4,7,10-12H2,1H3. The fraction of sp³-hybridized carbons (Fsp3) is 0.409. The van der Waals surface area contributed by atoms with E-state index in [4.69, 9.17) is 25.8 Å². The highest BCUT2D eigenvalue weighted by Gasteiger charge is 2.34. The van der Waals surface area contributed by atoms with Crippen LogP contribution in [0.4, 0.5) is 0 Å². The largest absolute Gasteiger partial charge is 0.465 e. The van der Waals surface area contributed by atoms with Crippen LogP contribution in [0.15, 0.2) is 33.5 Å². The van der Waals surface area contributed by atoms with Crippen molar-refractivity contribution >= 4 is 66.4 Å². The first-order valence-electron chi connectivity index (χ1n) is 11.2. The van der Waals surface area contributed by atoms with Crippen molar-refractivity contribution in [2.75, 3.05) is 26.5 Å². The van der Waals surface area contributed by atoms with Crippen LogP contribution in [0.5, 0.6) is 11.5 Å². The highest BCUT2D eigenvalue weighted by atomic mass is 35.5. The van der Waals surface area contributed by atoms with Gasteiger partial charge in [0.2, 0.25) is 6.79 Å². The molecule has 1 saturated heterocycles. The number of halogens is 1. The number of amides is 1. The van der Waals surface area contributed by atoms with Crippen LogP contribution in [0.1, 0.15) is 19.8 Å². The van der Waals surface area contributed by atoms with Gasteiger partial charge < -0.3 is 18.8 Å². The van der Waals surface area contributed by atoms with Gasteiger partial charge in [-0.25, -0.2) is 8.42 Å². The first kappa shape index (κ1) is 25.2. The van der Waals surface area contributed by atoms with Gasteiger partial charge in [-0.05, 0) is 31.9 Å². The van der Waals surface area contributed by atoms with Crippen LogP contribution >= 0.6 is 34.3 Å². The second-order valence-electron chi connectivity index (χ2n) is 8.16. The van der Waals surface area contributed by atoms with E-state index in [9.17, 15) is 18.0 Å². The van der Waals surface area contributed by atoms with Crippen LogP contribution in [0.25, 0.3) is 10.2 Å². The van der Waals surface area contributed by atoms with Crippen molar-refractivity contribution in [3.63, 3.8) is 0 Å². The van der Waals surface area contributed by atoms with Crippen molar-refractivity contribution in [2.24, 2.45) is 10.9 Å². The zero-order valence-electron chi connectivity index (χ0n) is 19.1. The van der Waals surface area contributed by atoms with E-state index < -0.39 is 27.8 Å². The normalized spacial score (nSPS) is 18.6. The summed E-state index contributed by atoms with van der Waals surface area (Å²) in [5, 5.41) is 0. The molecule has 0 bridgehead atoms. The molecule has 2 aliphatic rings. The highest BCUT2D eigenvalue weighted by Crippen LogP contribution is 2.37. The monoisotopic (exact) mass is 571 g/mol. The van der Waals surface area contributed by atoms with Crippen LogP contribution in [0, 0.1) is 5.92 Å². The Morgan fingerprint density at radius 2 is 2.00 bits per heavy atom. The minimum atomic E-state index is -3.76. The number of sulfonamides is 1. The lowest BCUT2D eigenvalue weighted by Gasteiger charge is -2.29. The van der Waals surface area contributed by atoms with Gasteiger partial charge in [0.25, 0.3) is 15.9 Å². The lowest BCUT2D eigenvalue weighted by Crippen LogP contribution is -2.42. The smallest absolute Gasteiger partial charge is 0.326 e. The third-order valence-corrected chi connectivity index (χ3v) is 10.5. The van der Waals surface area contributed by atoms with Gasteiger partial charge in [0, 0.05) is 25.2 Å². The molecule has 36 heavy (non-hydrogen) atoms. The topological polar surface area (TPSA) is 116 Å². The number of ether oxygens (including phenoxy) is 3. The lowest BCUT2D eigenvalue weighted by molar-refractivity contribution is -0.143. The summed E-state index contributed by atoms with van der Waals surface area (Å²) in [5.41, 5.74) is 0.659. The number of esters is 1. The van der Waals surface area contributed by atoms with E-state index in [2.05, 4.69) is 4.99 Å². The molecule has 1 fully saturated rings. The maximum absolute atomic E-state index is 13.2. The summed E-state index contributed by atoms with van der Waals surface area (Å²) in [6.45, 7) is 2.26. The lowest BCUT2D eigenvalue weighted by atomic mass is 9.99. The molecule has 14 heteroatoms. The summed E-state index contributed by atoms with van der Waals surface area (Å²) >= 11 is 8.15. The summed E-state index contributed by atoms with van der Waals surface area (Å²) in [4.78, 5) is 30.2. The number of hydrogen-bond donors (Lipinski definition) is 0. The third-order valence-electron chi connectivity index (χ3n) is 5.85. The highest BCUT2D eigenvalue weighted by molar-refractivity contribution is 7.91. The molecule has 1 unspecified atom stereocenters. The van der Waals surface area contributed by atoms with E-state index in [1.54, 1.807) is 23.6 Å². The maximum atomic E-state index is 13.2. The number of piperidine rings is 1. The number of thiazole rings is 1. The van der Waals surface area contributed by atoms with Gasteiger partial charge in [0.05, 0.1) is 27.1 Å². The molecule has 2 aliphatic heterocycles. The first-order chi connectivity index (χ1) is 17.3. The quantitative estimate of drug-likeness (QED) is 0.417. The predicted molar refractivity (Wildman–Crippen MR) is 134 cm³/mol. The molecule has 2 aromatic heterocycles. The van der Waals surface area contributed by atoms with E-state index in [-0.39, 0.29) is 30.7 Å². The molecular formula is C22H22ClN3O7S3. The van der Waals surface area contributed by atoms with Crippen molar-refractivity contribution in [2.45, 2.75) is 30.5 Å². The zero-order valence-corrected chi connectivity index (χ0v) is 22.3. The van der Waals surface area contributed by atoms with Crippen molar-refractivity contribution in [1.29, 1.82) is 0 Å². The summed E-state index contributed by atoms with van der Waals surface area (Å²) in [6, 6.07) is 6.54. The zero-order chi connectivity index (χ0) is 25.4. The number of thiophene rings is 1. The van der Waals surface area contributed by atoms with E-state index in [1.165, 1.54) is 27.8 Å². The second-order valence-corrected chi connectivity index (χ2v) is 13.0. The molecule has 0 radical (unpaired) electrons. The Bertz CT molecular complexity index is 1510. The first-order valence-corrected chi connectivity index (χ1v) is 14.6. The minimum absolute atomic E-state index is 0.0267. The Balaban J connectivity index is 1.46. The molecule has 1 amide bonds. The molecule has 1 aromatic carbocycles. The minimum Gasteiger partial charge on any atom is -0.465 e. The van der Waals surface area contributed by atoms with Gasteiger partial charge in [-0.2, -0.15) is 9.30 Å². The number of hydrogen-bond acceptors (Lipinski definition) is 9. The Kier molecular flexibility index (Phi) is 7.10. The average Bonchev–Trinajstić information content (AvgIpc) is 3.57. The fourth-order valence-corrected chi connectivity index (χ4v) is 8.35. The Morgan fingerprint density at radius 3 is 2.72 bits per heavy atom. The van der Waals surface area contributed by atoms with Crippen LogP contribution in [-0.2, 0) is 30.9 Å². The number of benzene rings is 1. The molecule has 0 N–H and O–H groups in total. The Morgan fingerprint density at radius 1 is 1.22 bits per heavy atom.